The first-order chi connectivity index (χ1) is 18.2. The van der Waals surface area contributed by atoms with E-state index < -0.39 is 0 Å². The maximum absolute atomic E-state index is 13.7. The van der Waals surface area contributed by atoms with Gasteiger partial charge in [0.25, 0.3) is 0 Å². The molecule has 0 saturated heterocycles. The third-order valence-electron chi connectivity index (χ3n) is 6.79. The van der Waals surface area contributed by atoms with Crippen molar-refractivity contribution in [2.45, 2.75) is 46.7 Å². The predicted molar refractivity (Wildman–Crippen MR) is 156 cm³/mol. The van der Waals surface area contributed by atoms with Crippen molar-refractivity contribution in [2.24, 2.45) is 0 Å². The molecule has 0 saturated carbocycles. The normalized spacial score (nSPS) is 11.1. The molecule has 1 heterocycles. The van der Waals surface area contributed by atoms with Gasteiger partial charge >= 0.3 is 6.03 Å². The van der Waals surface area contributed by atoms with E-state index in [4.69, 9.17) is 11.6 Å². The highest BCUT2D eigenvalue weighted by molar-refractivity contribution is 6.31. The number of nitrogens with one attached hydrogen (secondary N) is 2. The summed E-state index contributed by atoms with van der Waals surface area (Å²) in [6, 6.07) is 21.3. The van der Waals surface area contributed by atoms with Crippen LogP contribution in [0.2, 0.25) is 5.02 Å². The van der Waals surface area contributed by atoms with Crippen molar-refractivity contribution in [1.82, 2.24) is 14.8 Å². The highest BCUT2D eigenvalue weighted by atomic mass is 35.5. The zero-order chi connectivity index (χ0) is 27.2. The molecule has 0 unspecified atom stereocenters. The first kappa shape index (κ1) is 27.3. The van der Waals surface area contributed by atoms with E-state index in [9.17, 15) is 9.59 Å². The first-order valence-electron chi connectivity index (χ1n) is 12.9. The number of benzene rings is 3. The molecule has 0 fully saturated rings. The largest absolute Gasteiger partial charge is 0.361 e. The third kappa shape index (κ3) is 6.75. The Morgan fingerprint density at radius 3 is 2.45 bits per heavy atom. The number of fused-ring (bicyclic) bond motifs is 1. The lowest BCUT2D eigenvalue weighted by Gasteiger charge is -2.30. The van der Waals surface area contributed by atoms with Gasteiger partial charge < -0.3 is 20.1 Å². The number of urea groups is 1. The van der Waals surface area contributed by atoms with Crippen molar-refractivity contribution >= 4 is 40.1 Å². The van der Waals surface area contributed by atoms with Crippen molar-refractivity contribution < 1.29 is 9.59 Å². The molecule has 198 valence electrons. The molecular formula is C31H35ClN4O2. The summed E-state index contributed by atoms with van der Waals surface area (Å²) in [7, 11) is 0. The number of aromatic nitrogens is 1. The van der Waals surface area contributed by atoms with Crippen molar-refractivity contribution in [1.29, 1.82) is 0 Å². The van der Waals surface area contributed by atoms with E-state index >= 15 is 0 Å². The van der Waals surface area contributed by atoms with Crippen LogP contribution < -0.4 is 5.32 Å². The summed E-state index contributed by atoms with van der Waals surface area (Å²) in [5, 5.41) is 4.64. The number of hydrogen-bond acceptors (Lipinski definition) is 2. The molecule has 7 heteroatoms. The average molecular weight is 531 g/mol. The van der Waals surface area contributed by atoms with Gasteiger partial charge in [0.05, 0.1) is 0 Å². The highest BCUT2D eigenvalue weighted by Gasteiger charge is 2.24. The number of aromatic amines is 1. The number of nitrogens with zero attached hydrogens (tertiary/aromatic N) is 2. The van der Waals surface area contributed by atoms with Gasteiger partial charge in [-0.05, 0) is 69.0 Å². The van der Waals surface area contributed by atoms with E-state index in [1.807, 2.05) is 63.1 Å². The van der Waals surface area contributed by atoms with E-state index in [-0.39, 0.29) is 24.5 Å². The Bertz CT molecular complexity index is 1410. The van der Waals surface area contributed by atoms with Crippen molar-refractivity contribution in [3.05, 3.63) is 100 Å². The molecule has 4 aromatic rings. The molecule has 0 radical (unpaired) electrons. The van der Waals surface area contributed by atoms with E-state index in [0.717, 1.165) is 27.6 Å². The number of hydrogen-bond donors (Lipinski definition) is 2. The molecule has 1 aromatic heterocycles. The number of carbonyl (C=O) groups excluding carboxylic acids is 2. The summed E-state index contributed by atoms with van der Waals surface area (Å²) < 4.78 is 0. The number of para-hydroxylation sites is 1. The van der Waals surface area contributed by atoms with Crippen LogP contribution in [-0.4, -0.2) is 45.9 Å². The Kier molecular flexibility index (Phi) is 8.74. The summed E-state index contributed by atoms with van der Waals surface area (Å²) >= 11 is 6.24. The van der Waals surface area contributed by atoms with Gasteiger partial charge in [-0.2, -0.15) is 0 Å². The lowest BCUT2D eigenvalue weighted by atomic mass is 10.1. The molecule has 0 spiro atoms. The number of halogens is 1. The third-order valence-corrected chi connectivity index (χ3v) is 7.19. The minimum atomic E-state index is -0.333. The molecule has 0 aliphatic heterocycles. The van der Waals surface area contributed by atoms with Gasteiger partial charge in [0.2, 0.25) is 5.91 Å². The van der Waals surface area contributed by atoms with Crippen LogP contribution in [0.15, 0.2) is 72.9 Å². The van der Waals surface area contributed by atoms with Crippen LogP contribution in [0.1, 0.15) is 36.1 Å². The number of rotatable bonds is 9. The van der Waals surface area contributed by atoms with E-state index in [2.05, 4.69) is 46.7 Å². The van der Waals surface area contributed by atoms with Crippen LogP contribution in [0.3, 0.4) is 0 Å². The van der Waals surface area contributed by atoms with Crippen LogP contribution in [0.4, 0.5) is 10.5 Å². The number of amides is 3. The topological polar surface area (TPSA) is 68.4 Å². The molecule has 3 aromatic carbocycles. The minimum Gasteiger partial charge on any atom is -0.361 e. The number of H-pyrrole nitrogens is 1. The Morgan fingerprint density at radius 1 is 1.00 bits per heavy atom. The standard InChI is InChI=1S/C31H35ClN4O2/c1-21(2)36(31(38)34-26-14-11-23(4)28(32)17-26)20-30(37)35(19-24-12-9-22(3)10-13-24)16-15-25-18-33-29-8-6-5-7-27(25)29/h5-14,17-18,21,33H,15-16,19-20H2,1-4H3,(H,34,38). The monoisotopic (exact) mass is 530 g/mol. The van der Waals surface area contributed by atoms with Crippen LogP contribution in [0.5, 0.6) is 0 Å². The zero-order valence-corrected chi connectivity index (χ0v) is 23.2. The number of anilines is 1. The second kappa shape index (κ2) is 12.2. The second-order valence-electron chi connectivity index (χ2n) is 10.0. The molecule has 38 heavy (non-hydrogen) atoms. The molecule has 0 aliphatic carbocycles. The van der Waals surface area contributed by atoms with E-state index in [1.165, 1.54) is 5.56 Å². The Labute approximate surface area is 229 Å². The minimum absolute atomic E-state index is 0.0250. The smallest absolute Gasteiger partial charge is 0.322 e. The van der Waals surface area contributed by atoms with E-state index in [1.54, 1.807) is 11.0 Å². The molecule has 6 nitrogen and oxygen atoms in total. The fourth-order valence-corrected chi connectivity index (χ4v) is 4.58. The SMILES string of the molecule is Cc1ccc(CN(CCc2c[nH]c3ccccc23)C(=O)CN(C(=O)Nc2ccc(C)c(Cl)c2)C(C)C)cc1. The average Bonchev–Trinajstić information content (AvgIpc) is 3.31. The number of aryl methyl sites for hydroxylation is 2. The fourth-order valence-electron chi connectivity index (χ4n) is 4.40. The molecule has 0 bridgehead atoms. The predicted octanol–water partition coefficient (Wildman–Crippen LogP) is 6.95. The molecule has 2 N–H and O–H groups in total. The van der Waals surface area contributed by atoms with Crippen molar-refractivity contribution in [3.8, 4) is 0 Å². The van der Waals surface area contributed by atoms with Gasteiger partial charge in [0, 0.05) is 46.9 Å². The molecule has 0 atom stereocenters. The van der Waals surface area contributed by atoms with Gasteiger partial charge in [-0.1, -0.05) is 65.7 Å². The molecule has 0 aliphatic rings. The van der Waals surface area contributed by atoms with Crippen molar-refractivity contribution in [3.63, 3.8) is 0 Å². The molecule has 4 rings (SSSR count). The summed E-state index contributed by atoms with van der Waals surface area (Å²) in [4.78, 5) is 33.6. The maximum atomic E-state index is 13.7. The zero-order valence-electron chi connectivity index (χ0n) is 22.4. The van der Waals surface area contributed by atoms with Gasteiger partial charge in [-0.25, -0.2) is 4.79 Å². The van der Waals surface area contributed by atoms with Gasteiger partial charge in [0.15, 0.2) is 0 Å². The molecular weight excluding hydrogens is 496 g/mol. The highest BCUT2D eigenvalue weighted by Crippen LogP contribution is 2.21. The van der Waals surface area contributed by atoms with Gasteiger partial charge in [-0.3, -0.25) is 4.79 Å². The van der Waals surface area contributed by atoms with Crippen LogP contribution >= 0.6 is 11.6 Å². The van der Waals surface area contributed by atoms with Crippen LogP contribution in [-0.2, 0) is 17.8 Å². The summed E-state index contributed by atoms with van der Waals surface area (Å²) in [5.41, 5.74) is 6.00. The first-order valence-corrected chi connectivity index (χ1v) is 13.3. The number of carbonyl (C=O) groups is 2. The Morgan fingerprint density at radius 2 is 1.74 bits per heavy atom. The Balaban J connectivity index is 1.51. The van der Waals surface area contributed by atoms with Gasteiger partial charge in [-0.15, -0.1) is 0 Å². The van der Waals surface area contributed by atoms with Crippen LogP contribution in [0, 0.1) is 13.8 Å². The van der Waals surface area contributed by atoms with Gasteiger partial charge in [0.1, 0.15) is 6.54 Å². The Hall–Kier alpha value is -3.77. The van der Waals surface area contributed by atoms with Crippen molar-refractivity contribution in [2.75, 3.05) is 18.4 Å². The second-order valence-corrected chi connectivity index (χ2v) is 10.4. The fraction of sp³-hybridized carbons (Fsp3) is 0.290. The quantitative estimate of drug-likeness (QED) is 0.246. The maximum Gasteiger partial charge on any atom is 0.322 e. The lowest BCUT2D eigenvalue weighted by molar-refractivity contribution is -0.132. The lowest BCUT2D eigenvalue weighted by Crippen LogP contribution is -2.47. The molecule has 3 amide bonds. The van der Waals surface area contributed by atoms with E-state index in [0.29, 0.717) is 30.2 Å². The summed E-state index contributed by atoms with van der Waals surface area (Å²) in [5.74, 6) is -0.101. The summed E-state index contributed by atoms with van der Waals surface area (Å²) in [6.07, 6.45) is 2.72. The summed E-state index contributed by atoms with van der Waals surface area (Å²) in [6.45, 7) is 8.76. The van der Waals surface area contributed by atoms with Crippen LogP contribution in [0.25, 0.3) is 10.9 Å².